The van der Waals surface area contributed by atoms with Gasteiger partial charge in [-0.05, 0) is 67.8 Å². The number of nitrogens with zero attached hydrogens (tertiary/aromatic N) is 2. The molecule has 36 heavy (non-hydrogen) atoms. The molecule has 0 aliphatic rings. The summed E-state index contributed by atoms with van der Waals surface area (Å²) in [5.41, 5.74) is 3.55. The van der Waals surface area contributed by atoms with Crippen molar-refractivity contribution in [3.8, 4) is 11.5 Å². The Labute approximate surface area is 216 Å². The number of benzene rings is 3. The van der Waals surface area contributed by atoms with Crippen LogP contribution in [0, 0.1) is 0 Å². The predicted octanol–water partition coefficient (Wildman–Crippen LogP) is 6.52. The van der Waals surface area contributed by atoms with E-state index in [0.29, 0.717) is 23.7 Å². The Bertz CT molecular complexity index is 1360. The number of methoxy groups -OCH3 is 1. The van der Waals surface area contributed by atoms with Gasteiger partial charge in [0.2, 0.25) is 0 Å². The summed E-state index contributed by atoms with van der Waals surface area (Å²) in [6.07, 6.45) is 5.78. The fraction of sp³-hybridized carbons (Fsp3) is 0.241. The number of unbranched alkanes of at least 4 members (excludes halogenated alkanes) is 1. The quantitative estimate of drug-likeness (QED) is 0.237. The number of allylic oxidation sites excluding steroid dienone is 1. The summed E-state index contributed by atoms with van der Waals surface area (Å²) in [7, 11) is 1.65. The highest BCUT2D eigenvalue weighted by Crippen LogP contribution is 2.29. The van der Waals surface area contributed by atoms with Crippen molar-refractivity contribution in [2.24, 2.45) is 0 Å². The van der Waals surface area contributed by atoms with Gasteiger partial charge in [-0.25, -0.2) is 4.98 Å². The van der Waals surface area contributed by atoms with Crippen molar-refractivity contribution in [1.29, 1.82) is 0 Å². The van der Waals surface area contributed by atoms with E-state index in [-0.39, 0.29) is 5.91 Å². The molecule has 0 aliphatic heterocycles. The number of aryl methyl sites for hydroxylation is 1. The first-order valence-electron chi connectivity index (χ1n) is 12.0. The third-order valence-corrected chi connectivity index (χ3v) is 6.04. The van der Waals surface area contributed by atoms with E-state index in [1.165, 1.54) is 0 Å². The van der Waals surface area contributed by atoms with Gasteiger partial charge >= 0.3 is 0 Å². The zero-order valence-corrected chi connectivity index (χ0v) is 21.3. The molecule has 0 saturated carbocycles. The van der Waals surface area contributed by atoms with Crippen LogP contribution in [-0.4, -0.2) is 29.2 Å². The van der Waals surface area contributed by atoms with Crippen LogP contribution in [0.15, 0.2) is 72.8 Å². The Kier molecular flexibility index (Phi) is 8.63. The SMILES string of the molecule is C/C=C/c1ccc(OCCCCn2c(CNC(=O)c3cccc(Cl)c3)nc3ccccc32)c(OC)c1. The van der Waals surface area contributed by atoms with Crippen LogP contribution >= 0.6 is 11.6 Å². The number of rotatable bonds is 11. The average molecular weight is 504 g/mol. The monoisotopic (exact) mass is 503 g/mol. The molecule has 0 radical (unpaired) electrons. The van der Waals surface area contributed by atoms with E-state index < -0.39 is 0 Å². The Morgan fingerprint density at radius 2 is 1.92 bits per heavy atom. The number of para-hydroxylation sites is 2. The lowest BCUT2D eigenvalue weighted by Crippen LogP contribution is -2.24. The van der Waals surface area contributed by atoms with Gasteiger partial charge in [-0.3, -0.25) is 4.79 Å². The van der Waals surface area contributed by atoms with Gasteiger partial charge in [0.05, 0.1) is 31.3 Å². The number of imidazole rings is 1. The molecule has 0 unspecified atom stereocenters. The van der Waals surface area contributed by atoms with Gasteiger partial charge in [0.1, 0.15) is 5.82 Å². The second kappa shape index (κ2) is 12.3. The number of hydrogen-bond acceptors (Lipinski definition) is 4. The normalized spacial score (nSPS) is 11.2. The number of nitrogens with one attached hydrogen (secondary N) is 1. The van der Waals surface area contributed by atoms with Crippen molar-refractivity contribution in [1.82, 2.24) is 14.9 Å². The number of aromatic nitrogens is 2. The molecule has 0 atom stereocenters. The summed E-state index contributed by atoms with van der Waals surface area (Å²) in [6, 6.07) is 20.8. The second-order valence-electron chi connectivity index (χ2n) is 8.33. The van der Waals surface area contributed by atoms with E-state index in [1.54, 1.807) is 31.4 Å². The zero-order chi connectivity index (χ0) is 25.3. The van der Waals surface area contributed by atoms with Crippen LogP contribution in [0.5, 0.6) is 11.5 Å². The summed E-state index contributed by atoms with van der Waals surface area (Å²) in [6.45, 7) is 3.65. The predicted molar refractivity (Wildman–Crippen MR) is 145 cm³/mol. The molecular weight excluding hydrogens is 474 g/mol. The molecule has 0 spiro atoms. The van der Waals surface area contributed by atoms with Gasteiger partial charge in [-0.2, -0.15) is 0 Å². The summed E-state index contributed by atoms with van der Waals surface area (Å²) in [5, 5.41) is 3.50. The maximum absolute atomic E-state index is 12.6. The lowest BCUT2D eigenvalue weighted by molar-refractivity contribution is 0.0949. The first kappa shape index (κ1) is 25.3. The largest absolute Gasteiger partial charge is 0.493 e. The van der Waals surface area contributed by atoms with E-state index in [4.69, 9.17) is 26.1 Å². The maximum atomic E-state index is 12.6. The molecule has 4 rings (SSSR count). The smallest absolute Gasteiger partial charge is 0.251 e. The maximum Gasteiger partial charge on any atom is 0.251 e. The molecule has 1 aromatic heterocycles. The third kappa shape index (κ3) is 6.26. The second-order valence-corrected chi connectivity index (χ2v) is 8.76. The van der Waals surface area contributed by atoms with Gasteiger partial charge in [0.15, 0.2) is 11.5 Å². The number of carbonyl (C=O) groups excluding carboxylic acids is 1. The van der Waals surface area contributed by atoms with E-state index in [1.807, 2.05) is 55.5 Å². The lowest BCUT2D eigenvalue weighted by atomic mass is 10.2. The van der Waals surface area contributed by atoms with Crippen molar-refractivity contribution < 1.29 is 14.3 Å². The summed E-state index contributed by atoms with van der Waals surface area (Å²) in [5.74, 6) is 2.10. The number of hydrogen-bond donors (Lipinski definition) is 1. The number of ether oxygens (including phenoxy) is 2. The molecule has 7 heteroatoms. The van der Waals surface area contributed by atoms with Crippen molar-refractivity contribution in [3.05, 3.63) is 94.8 Å². The van der Waals surface area contributed by atoms with E-state index in [0.717, 1.165) is 53.3 Å². The van der Waals surface area contributed by atoms with Crippen molar-refractivity contribution in [3.63, 3.8) is 0 Å². The molecule has 0 bridgehead atoms. The average Bonchev–Trinajstić information content (AvgIpc) is 3.25. The molecule has 4 aromatic rings. The molecule has 1 heterocycles. The first-order chi connectivity index (χ1) is 17.6. The van der Waals surface area contributed by atoms with E-state index in [9.17, 15) is 4.79 Å². The fourth-order valence-corrected chi connectivity index (χ4v) is 4.24. The molecule has 0 saturated heterocycles. The van der Waals surface area contributed by atoms with Gasteiger partial charge in [0.25, 0.3) is 5.91 Å². The van der Waals surface area contributed by atoms with Crippen molar-refractivity contribution in [2.45, 2.75) is 32.9 Å². The number of halogens is 1. The molecule has 3 aromatic carbocycles. The van der Waals surface area contributed by atoms with Crippen LogP contribution in [0.3, 0.4) is 0 Å². The Hall–Kier alpha value is -3.77. The highest BCUT2D eigenvalue weighted by atomic mass is 35.5. The summed E-state index contributed by atoms with van der Waals surface area (Å²) >= 11 is 6.03. The minimum absolute atomic E-state index is 0.182. The van der Waals surface area contributed by atoms with Crippen LogP contribution in [0.1, 0.15) is 41.5 Å². The van der Waals surface area contributed by atoms with Gasteiger partial charge in [0, 0.05) is 17.1 Å². The Morgan fingerprint density at radius 3 is 2.72 bits per heavy atom. The highest BCUT2D eigenvalue weighted by Gasteiger charge is 2.13. The van der Waals surface area contributed by atoms with Gasteiger partial charge in [-0.1, -0.05) is 48.0 Å². The lowest BCUT2D eigenvalue weighted by Gasteiger charge is -2.13. The molecule has 1 amide bonds. The van der Waals surface area contributed by atoms with Gasteiger partial charge < -0.3 is 19.4 Å². The summed E-state index contributed by atoms with van der Waals surface area (Å²) in [4.78, 5) is 17.4. The molecule has 6 nitrogen and oxygen atoms in total. The van der Waals surface area contributed by atoms with Crippen LogP contribution in [0.4, 0.5) is 0 Å². The molecule has 0 fully saturated rings. The Morgan fingerprint density at radius 1 is 1.06 bits per heavy atom. The minimum Gasteiger partial charge on any atom is -0.493 e. The fourth-order valence-electron chi connectivity index (χ4n) is 4.05. The van der Waals surface area contributed by atoms with Crippen molar-refractivity contribution >= 4 is 34.6 Å². The van der Waals surface area contributed by atoms with Crippen LogP contribution < -0.4 is 14.8 Å². The summed E-state index contributed by atoms with van der Waals surface area (Å²) < 4.78 is 13.6. The molecule has 186 valence electrons. The van der Waals surface area contributed by atoms with Crippen molar-refractivity contribution in [2.75, 3.05) is 13.7 Å². The Balaban J connectivity index is 1.37. The standard InChI is InChI=1S/C29H30ClN3O3/c1-3-9-21-14-15-26(27(18-21)35-2)36-17-7-6-16-33-25-13-5-4-12-24(25)32-28(33)20-31-29(34)22-10-8-11-23(30)19-22/h3-5,8-15,18-19H,6-7,16-17,20H2,1-2H3,(H,31,34)/b9-3+. The molecule has 1 N–H and O–H groups in total. The van der Waals surface area contributed by atoms with Crippen LogP contribution in [0.2, 0.25) is 5.02 Å². The van der Waals surface area contributed by atoms with E-state index >= 15 is 0 Å². The van der Waals surface area contributed by atoms with Crippen LogP contribution in [0.25, 0.3) is 17.1 Å². The number of amides is 1. The van der Waals surface area contributed by atoms with Gasteiger partial charge in [-0.15, -0.1) is 0 Å². The number of fused-ring (bicyclic) bond motifs is 1. The topological polar surface area (TPSA) is 65.4 Å². The third-order valence-electron chi connectivity index (χ3n) is 5.81. The van der Waals surface area contributed by atoms with E-state index in [2.05, 4.69) is 16.0 Å². The zero-order valence-electron chi connectivity index (χ0n) is 20.5. The molecular formula is C29H30ClN3O3. The number of carbonyl (C=O) groups is 1. The molecule has 0 aliphatic carbocycles. The highest BCUT2D eigenvalue weighted by molar-refractivity contribution is 6.30. The minimum atomic E-state index is -0.182. The van der Waals surface area contributed by atoms with Crippen LogP contribution in [-0.2, 0) is 13.1 Å². The first-order valence-corrected chi connectivity index (χ1v) is 12.4.